The molecule has 4 rings (SSSR count). The van der Waals surface area contributed by atoms with Crippen molar-refractivity contribution in [1.82, 2.24) is 14.9 Å². The molecule has 5 heteroatoms. The topological polar surface area (TPSA) is 55.3 Å². The van der Waals surface area contributed by atoms with E-state index in [0.29, 0.717) is 19.7 Å². The molecule has 0 radical (unpaired) electrons. The van der Waals surface area contributed by atoms with E-state index < -0.39 is 0 Å². The molecule has 1 saturated heterocycles. The second-order valence-corrected chi connectivity index (χ2v) is 5.58. The molecule has 2 aromatic rings. The van der Waals surface area contributed by atoms with E-state index in [0.717, 1.165) is 22.6 Å². The van der Waals surface area contributed by atoms with Crippen LogP contribution in [0.25, 0.3) is 11.4 Å². The van der Waals surface area contributed by atoms with Crippen molar-refractivity contribution in [3.63, 3.8) is 0 Å². The molecule has 1 aromatic heterocycles. The van der Waals surface area contributed by atoms with Gasteiger partial charge in [-0.05, 0) is 0 Å². The Morgan fingerprint density at radius 2 is 2.05 bits per heavy atom. The minimum atomic E-state index is -0.379. The molecule has 0 aliphatic carbocycles. The van der Waals surface area contributed by atoms with Gasteiger partial charge in [-0.1, -0.05) is 30.3 Å². The van der Waals surface area contributed by atoms with Gasteiger partial charge in [0, 0.05) is 24.2 Å². The van der Waals surface area contributed by atoms with Crippen molar-refractivity contribution >= 4 is 5.91 Å². The number of benzene rings is 1. The Kier molecular flexibility index (Phi) is 2.59. The first kappa shape index (κ1) is 12.5. The highest BCUT2D eigenvalue weighted by atomic mass is 16.5. The number of carbonyl (C=O) groups is 1. The summed E-state index contributed by atoms with van der Waals surface area (Å²) in [6.45, 7) is 3.27. The van der Waals surface area contributed by atoms with Gasteiger partial charge in [0.1, 0.15) is 5.60 Å². The molecule has 0 N–H and O–H groups in total. The van der Waals surface area contributed by atoms with Gasteiger partial charge in [-0.15, -0.1) is 0 Å². The smallest absolute Gasteiger partial charge is 0.219 e. The van der Waals surface area contributed by atoms with Crippen LogP contribution in [-0.2, 0) is 21.7 Å². The van der Waals surface area contributed by atoms with Crippen molar-refractivity contribution in [3.8, 4) is 11.4 Å². The number of fused-ring (bicyclic) bond motifs is 2. The van der Waals surface area contributed by atoms with E-state index in [1.54, 1.807) is 11.8 Å². The highest BCUT2D eigenvalue weighted by Gasteiger charge is 2.51. The Morgan fingerprint density at radius 1 is 1.29 bits per heavy atom. The van der Waals surface area contributed by atoms with Crippen molar-refractivity contribution in [2.75, 3.05) is 13.1 Å². The predicted octanol–water partition coefficient (Wildman–Crippen LogP) is 1.73. The van der Waals surface area contributed by atoms with Gasteiger partial charge in [-0.3, -0.25) is 4.79 Å². The summed E-state index contributed by atoms with van der Waals surface area (Å²) in [5.74, 6) is 0.803. The van der Waals surface area contributed by atoms with Gasteiger partial charge in [0.05, 0.1) is 25.4 Å². The molecule has 106 valence electrons. The van der Waals surface area contributed by atoms with Gasteiger partial charge < -0.3 is 9.64 Å². The highest BCUT2D eigenvalue weighted by Crippen LogP contribution is 2.42. The normalized spacial score (nSPS) is 18.4. The molecule has 5 nitrogen and oxygen atoms in total. The molecule has 3 heterocycles. The van der Waals surface area contributed by atoms with Gasteiger partial charge in [0.2, 0.25) is 5.91 Å². The lowest BCUT2D eigenvalue weighted by Gasteiger charge is -2.46. The van der Waals surface area contributed by atoms with Gasteiger partial charge in [0.15, 0.2) is 5.82 Å². The first-order chi connectivity index (χ1) is 10.2. The van der Waals surface area contributed by atoms with Crippen molar-refractivity contribution in [3.05, 3.63) is 47.8 Å². The number of ether oxygens (including phenoxy) is 1. The number of rotatable bonds is 1. The zero-order chi connectivity index (χ0) is 14.4. The molecule has 21 heavy (non-hydrogen) atoms. The molecule has 0 atom stereocenters. The van der Waals surface area contributed by atoms with E-state index >= 15 is 0 Å². The van der Waals surface area contributed by atoms with Gasteiger partial charge in [-0.25, -0.2) is 9.97 Å². The number of hydrogen-bond donors (Lipinski definition) is 0. The molecule has 1 fully saturated rings. The largest absolute Gasteiger partial charge is 0.360 e. The van der Waals surface area contributed by atoms with Crippen LogP contribution in [0.3, 0.4) is 0 Å². The lowest BCUT2D eigenvalue weighted by atomic mass is 9.87. The summed E-state index contributed by atoms with van der Waals surface area (Å²) in [4.78, 5) is 22.2. The maximum Gasteiger partial charge on any atom is 0.219 e. The molecule has 2 aliphatic heterocycles. The van der Waals surface area contributed by atoms with E-state index in [1.807, 2.05) is 36.5 Å². The third-order valence-electron chi connectivity index (χ3n) is 4.21. The average molecular weight is 281 g/mol. The highest BCUT2D eigenvalue weighted by molar-refractivity contribution is 5.75. The van der Waals surface area contributed by atoms with Crippen molar-refractivity contribution in [1.29, 1.82) is 0 Å². The minimum absolute atomic E-state index is 0.0829. The van der Waals surface area contributed by atoms with E-state index in [9.17, 15) is 4.79 Å². The van der Waals surface area contributed by atoms with Crippen LogP contribution in [0.5, 0.6) is 0 Å². The van der Waals surface area contributed by atoms with Gasteiger partial charge in [0.25, 0.3) is 0 Å². The summed E-state index contributed by atoms with van der Waals surface area (Å²) < 4.78 is 5.92. The summed E-state index contributed by atoms with van der Waals surface area (Å²) in [6.07, 6.45) is 1.86. The van der Waals surface area contributed by atoms with Crippen molar-refractivity contribution < 1.29 is 9.53 Å². The Morgan fingerprint density at radius 3 is 2.76 bits per heavy atom. The fourth-order valence-corrected chi connectivity index (χ4v) is 2.97. The number of carbonyl (C=O) groups excluding carboxylic acids is 1. The van der Waals surface area contributed by atoms with Crippen LogP contribution < -0.4 is 0 Å². The van der Waals surface area contributed by atoms with Crippen LogP contribution in [-0.4, -0.2) is 33.9 Å². The first-order valence-corrected chi connectivity index (χ1v) is 6.99. The molecule has 1 aromatic carbocycles. The van der Waals surface area contributed by atoms with Crippen molar-refractivity contribution in [2.45, 2.75) is 19.1 Å². The lowest BCUT2D eigenvalue weighted by Crippen LogP contribution is -2.60. The number of aromatic nitrogens is 2. The first-order valence-electron chi connectivity index (χ1n) is 6.99. The summed E-state index contributed by atoms with van der Waals surface area (Å²) in [5.41, 5.74) is 2.59. The maximum absolute atomic E-state index is 11.4. The van der Waals surface area contributed by atoms with Gasteiger partial charge >= 0.3 is 0 Å². The molecule has 1 amide bonds. The zero-order valence-electron chi connectivity index (χ0n) is 11.7. The Balaban J connectivity index is 1.66. The zero-order valence-corrected chi connectivity index (χ0v) is 11.7. The Bertz CT molecular complexity index is 709. The van der Waals surface area contributed by atoms with Crippen LogP contribution in [0, 0.1) is 0 Å². The number of nitrogens with zero attached hydrogens (tertiary/aromatic N) is 3. The quantitative estimate of drug-likeness (QED) is 0.799. The summed E-state index contributed by atoms with van der Waals surface area (Å²) >= 11 is 0. The second-order valence-electron chi connectivity index (χ2n) is 5.58. The molecule has 0 unspecified atom stereocenters. The summed E-state index contributed by atoms with van der Waals surface area (Å²) in [7, 11) is 0. The molecule has 0 saturated carbocycles. The molecule has 2 aliphatic rings. The SMILES string of the molecule is CC(=O)N1CC2(C1)OCc1nc(-c3ccccc3)ncc12. The lowest BCUT2D eigenvalue weighted by molar-refractivity contribution is -0.166. The third-order valence-corrected chi connectivity index (χ3v) is 4.21. The van der Waals surface area contributed by atoms with Crippen molar-refractivity contribution in [2.24, 2.45) is 0 Å². The average Bonchev–Trinajstić information content (AvgIpc) is 2.85. The molecular weight excluding hydrogens is 266 g/mol. The Hall–Kier alpha value is -2.27. The number of amides is 1. The predicted molar refractivity (Wildman–Crippen MR) is 76.2 cm³/mol. The van der Waals surface area contributed by atoms with E-state index in [-0.39, 0.29) is 11.5 Å². The fourth-order valence-electron chi connectivity index (χ4n) is 2.97. The summed E-state index contributed by atoms with van der Waals surface area (Å²) in [6, 6.07) is 9.91. The standard InChI is InChI=1S/C16H15N3O2/c1-11(20)19-9-16(10-19)13-7-17-15(18-14(13)8-21-16)12-5-3-2-4-6-12/h2-7H,8-10H2,1H3. The number of hydrogen-bond acceptors (Lipinski definition) is 4. The fraction of sp³-hybridized carbons (Fsp3) is 0.312. The molecular formula is C16H15N3O2. The van der Waals surface area contributed by atoms with Crippen LogP contribution >= 0.6 is 0 Å². The van der Waals surface area contributed by atoms with E-state index in [4.69, 9.17) is 4.74 Å². The van der Waals surface area contributed by atoms with Crippen LogP contribution in [0.15, 0.2) is 36.5 Å². The van der Waals surface area contributed by atoms with Crippen LogP contribution in [0.4, 0.5) is 0 Å². The molecule has 0 bridgehead atoms. The second kappa shape index (κ2) is 4.36. The Labute approximate surface area is 122 Å². The summed E-state index contributed by atoms with van der Waals surface area (Å²) in [5, 5.41) is 0. The monoisotopic (exact) mass is 281 g/mol. The van der Waals surface area contributed by atoms with Gasteiger partial charge in [-0.2, -0.15) is 0 Å². The van der Waals surface area contributed by atoms with E-state index in [2.05, 4.69) is 9.97 Å². The maximum atomic E-state index is 11.4. The van der Waals surface area contributed by atoms with Crippen LogP contribution in [0.1, 0.15) is 18.2 Å². The van der Waals surface area contributed by atoms with Crippen LogP contribution in [0.2, 0.25) is 0 Å². The minimum Gasteiger partial charge on any atom is -0.360 e. The number of likely N-dealkylation sites (tertiary alicyclic amines) is 1. The third kappa shape index (κ3) is 1.85. The van der Waals surface area contributed by atoms with E-state index in [1.165, 1.54) is 0 Å². The molecule has 1 spiro atoms.